The molecule has 0 fully saturated rings. The summed E-state index contributed by atoms with van der Waals surface area (Å²) in [6.07, 6.45) is 2.71. The molecule has 0 aliphatic heterocycles. The van der Waals surface area contributed by atoms with Gasteiger partial charge in [-0.1, -0.05) is 33.6 Å². The SMILES string of the molecule is CCCC(NCC(C)CC)C(=O)O. The van der Waals surface area contributed by atoms with E-state index in [2.05, 4.69) is 19.2 Å². The lowest BCUT2D eigenvalue weighted by atomic mass is 10.1. The average Bonchev–Trinajstić information content (AvgIpc) is 2.11. The first-order chi connectivity index (χ1) is 6.11. The van der Waals surface area contributed by atoms with Crippen LogP contribution in [0, 0.1) is 5.92 Å². The van der Waals surface area contributed by atoms with E-state index in [0.717, 1.165) is 19.4 Å². The largest absolute Gasteiger partial charge is 0.480 e. The zero-order chi connectivity index (χ0) is 10.3. The summed E-state index contributed by atoms with van der Waals surface area (Å²) in [7, 11) is 0. The molecule has 0 heterocycles. The van der Waals surface area contributed by atoms with Crippen LogP contribution in [-0.2, 0) is 4.79 Å². The van der Waals surface area contributed by atoms with Crippen LogP contribution < -0.4 is 5.32 Å². The Balaban J connectivity index is 3.75. The number of aliphatic carboxylic acids is 1. The molecular weight excluding hydrogens is 166 g/mol. The lowest BCUT2D eigenvalue weighted by Gasteiger charge is -2.16. The number of carbonyl (C=O) groups is 1. The summed E-state index contributed by atoms with van der Waals surface area (Å²) in [5.74, 6) is -0.177. The van der Waals surface area contributed by atoms with Crippen LogP contribution in [0.4, 0.5) is 0 Å². The standard InChI is InChI=1S/C10H21NO2/c1-4-6-9(10(12)13)11-7-8(3)5-2/h8-9,11H,4-7H2,1-3H3,(H,12,13). The van der Waals surface area contributed by atoms with Crippen molar-refractivity contribution in [2.75, 3.05) is 6.54 Å². The lowest BCUT2D eigenvalue weighted by molar-refractivity contribution is -0.139. The van der Waals surface area contributed by atoms with E-state index in [1.54, 1.807) is 0 Å². The van der Waals surface area contributed by atoms with Gasteiger partial charge in [-0.3, -0.25) is 4.79 Å². The van der Waals surface area contributed by atoms with Crippen molar-refractivity contribution >= 4 is 5.97 Å². The van der Waals surface area contributed by atoms with Gasteiger partial charge in [-0.25, -0.2) is 0 Å². The second kappa shape index (κ2) is 6.89. The van der Waals surface area contributed by atoms with Gasteiger partial charge in [0.1, 0.15) is 6.04 Å². The highest BCUT2D eigenvalue weighted by molar-refractivity contribution is 5.73. The molecule has 2 atom stereocenters. The van der Waals surface area contributed by atoms with Crippen LogP contribution in [0.15, 0.2) is 0 Å². The molecule has 78 valence electrons. The molecule has 0 amide bonds. The summed E-state index contributed by atoms with van der Waals surface area (Å²) in [5.41, 5.74) is 0. The van der Waals surface area contributed by atoms with Crippen LogP contribution in [0.2, 0.25) is 0 Å². The van der Waals surface area contributed by atoms with Gasteiger partial charge in [0.25, 0.3) is 0 Å². The van der Waals surface area contributed by atoms with Gasteiger partial charge in [0.15, 0.2) is 0 Å². The molecule has 2 N–H and O–H groups in total. The van der Waals surface area contributed by atoms with Gasteiger partial charge in [0.05, 0.1) is 0 Å². The van der Waals surface area contributed by atoms with E-state index in [0.29, 0.717) is 12.3 Å². The first kappa shape index (κ1) is 12.4. The van der Waals surface area contributed by atoms with Crippen LogP contribution >= 0.6 is 0 Å². The minimum absolute atomic E-state index is 0.362. The molecule has 0 aromatic carbocycles. The molecule has 0 rings (SSSR count). The molecule has 0 aromatic heterocycles. The van der Waals surface area contributed by atoms with Gasteiger partial charge < -0.3 is 10.4 Å². The molecule has 0 saturated carbocycles. The van der Waals surface area contributed by atoms with Gasteiger partial charge in [-0.2, -0.15) is 0 Å². The van der Waals surface area contributed by atoms with Crippen molar-refractivity contribution < 1.29 is 9.90 Å². The van der Waals surface area contributed by atoms with E-state index >= 15 is 0 Å². The minimum Gasteiger partial charge on any atom is -0.480 e. The molecule has 3 nitrogen and oxygen atoms in total. The monoisotopic (exact) mass is 187 g/mol. The summed E-state index contributed by atoms with van der Waals surface area (Å²) >= 11 is 0. The van der Waals surface area contributed by atoms with E-state index in [-0.39, 0.29) is 6.04 Å². The zero-order valence-electron chi connectivity index (χ0n) is 8.84. The third-order valence-electron chi connectivity index (χ3n) is 2.29. The maximum Gasteiger partial charge on any atom is 0.320 e. The highest BCUT2D eigenvalue weighted by Gasteiger charge is 2.15. The predicted octanol–water partition coefficient (Wildman–Crippen LogP) is 1.88. The van der Waals surface area contributed by atoms with Crippen molar-refractivity contribution in [3.63, 3.8) is 0 Å². The summed E-state index contributed by atoms with van der Waals surface area (Å²) in [6, 6.07) is -0.362. The number of carboxylic acids is 1. The third kappa shape index (κ3) is 5.64. The molecule has 13 heavy (non-hydrogen) atoms. The minimum atomic E-state index is -0.731. The fourth-order valence-electron chi connectivity index (χ4n) is 1.09. The molecule has 0 saturated heterocycles. The van der Waals surface area contributed by atoms with Crippen molar-refractivity contribution in [2.24, 2.45) is 5.92 Å². The van der Waals surface area contributed by atoms with Crippen molar-refractivity contribution in [1.29, 1.82) is 0 Å². The van der Waals surface area contributed by atoms with E-state index in [4.69, 9.17) is 5.11 Å². The second-order valence-electron chi connectivity index (χ2n) is 3.60. The number of carboxylic acid groups (broad SMARTS) is 1. The Hall–Kier alpha value is -0.570. The number of nitrogens with one attached hydrogen (secondary N) is 1. The molecule has 0 aliphatic carbocycles. The molecule has 0 bridgehead atoms. The van der Waals surface area contributed by atoms with Crippen LogP contribution in [-0.4, -0.2) is 23.7 Å². The Morgan fingerprint density at radius 1 is 1.46 bits per heavy atom. The van der Waals surface area contributed by atoms with Crippen molar-refractivity contribution in [3.8, 4) is 0 Å². The summed E-state index contributed by atoms with van der Waals surface area (Å²) in [4.78, 5) is 10.7. The molecule has 2 unspecified atom stereocenters. The van der Waals surface area contributed by atoms with Gasteiger partial charge in [-0.15, -0.1) is 0 Å². The van der Waals surface area contributed by atoms with Crippen LogP contribution in [0.1, 0.15) is 40.0 Å². The fraction of sp³-hybridized carbons (Fsp3) is 0.900. The fourth-order valence-corrected chi connectivity index (χ4v) is 1.09. The maximum atomic E-state index is 10.7. The van der Waals surface area contributed by atoms with E-state index in [1.165, 1.54) is 0 Å². The topological polar surface area (TPSA) is 49.3 Å². The van der Waals surface area contributed by atoms with E-state index in [9.17, 15) is 4.79 Å². The van der Waals surface area contributed by atoms with E-state index in [1.807, 2.05) is 6.92 Å². The number of hydrogen-bond acceptors (Lipinski definition) is 2. The lowest BCUT2D eigenvalue weighted by Crippen LogP contribution is -2.38. The maximum absolute atomic E-state index is 10.7. The van der Waals surface area contributed by atoms with Crippen molar-refractivity contribution in [2.45, 2.75) is 46.1 Å². The molecular formula is C10H21NO2. The average molecular weight is 187 g/mol. The van der Waals surface area contributed by atoms with Gasteiger partial charge in [0.2, 0.25) is 0 Å². The van der Waals surface area contributed by atoms with Crippen LogP contribution in [0.25, 0.3) is 0 Å². The summed E-state index contributed by atoms with van der Waals surface area (Å²) in [5, 5.41) is 11.9. The highest BCUT2D eigenvalue weighted by atomic mass is 16.4. The highest BCUT2D eigenvalue weighted by Crippen LogP contribution is 2.01. The Morgan fingerprint density at radius 3 is 2.46 bits per heavy atom. The second-order valence-corrected chi connectivity index (χ2v) is 3.60. The van der Waals surface area contributed by atoms with E-state index < -0.39 is 5.97 Å². The van der Waals surface area contributed by atoms with Gasteiger partial charge in [0, 0.05) is 0 Å². The summed E-state index contributed by atoms with van der Waals surface area (Å²) < 4.78 is 0. The predicted molar refractivity (Wildman–Crippen MR) is 53.8 cm³/mol. The summed E-state index contributed by atoms with van der Waals surface area (Å²) in [6.45, 7) is 7.04. The normalized spacial score (nSPS) is 15.3. The smallest absolute Gasteiger partial charge is 0.320 e. The van der Waals surface area contributed by atoms with Crippen molar-refractivity contribution in [3.05, 3.63) is 0 Å². The Bertz CT molecular complexity index is 148. The molecule has 3 heteroatoms. The molecule has 0 aromatic rings. The van der Waals surface area contributed by atoms with Gasteiger partial charge in [-0.05, 0) is 18.9 Å². The Morgan fingerprint density at radius 2 is 2.08 bits per heavy atom. The molecule has 0 spiro atoms. The van der Waals surface area contributed by atoms with Gasteiger partial charge >= 0.3 is 5.97 Å². The number of rotatable bonds is 7. The van der Waals surface area contributed by atoms with Crippen LogP contribution in [0.3, 0.4) is 0 Å². The Labute approximate surface area is 80.5 Å². The third-order valence-corrected chi connectivity index (χ3v) is 2.29. The first-order valence-electron chi connectivity index (χ1n) is 5.07. The number of hydrogen-bond donors (Lipinski definition) is 2. The van der Waals surface area contributed by atoms with Crippen molar-refractivity contribution in [1.82, 2.24) is 5.32 Å². The zero-order valence-corrected chi connectivity index (χ0v) is 8.84. The first-order valence-corrected chi connectivity index (χ1v) is 5.07. The Kier molecular flexibility index (Phi) is 6.59. The quantitative estimate of drug-likeness (QED) is 0.639. The molecule has 0 aliphatic rings. The van der Waals surface area contributed by atoms with Crippen LogP contribution in [0.5, 0.6) is 0 Å². The molecule has 0 radical (unpaired) electrons.